The van der Waals surface area contributed by atoms with Gasteiger partial charge < -0.3 is 4.79 Å². The van der Waals surface area contributed by atoms with Crippen LogP contribution in [0.2, 0.25) is 19.6 Å². The first-order chi connectivity index (χ1) is 4.89. The van der Waals surface area contributed by atoms with Crippen LogP contribution in [0.1, 0.15) is 19.8 Å². The molecule has 0 spiro atoms. The molecule has 11 heavy (non-hydrogen) atoms. The quantitative estimate of drug-likeness (QED) is 0.495. The minimum Gasteiger partial charge on any atom is -0.304 e. The average molecular weight is 193 g/mol. The van der Waals surface area contributed by atoms with E-state index in [9.17, 15) is 4.79 Å². The molecule has 0 heterocycles. The summed E-state index contributed by atoms with van der Waals surface area (Å²) in [6.07, 6.45) is 1.81. The molecule has 0 bridgehead atoms. The van der Waals surface area contributed by atoms with Crippen LogP contribution in [-0.4, -0.2) is 18.9 Å². The first-order valence-electron chi connectivity index (χ1n) is 4.08. The molecular weight excluding hydrogens is 176 g/mol. The van der Waals surface area contributed by atoms with E-state index in [4.69, 9.17) is 11.6 Å². The maximum atomic E-state index is 11.5. The summed E-state index contributed by atoms with van der Waals surface area (Å²) in [5, 5.41) is 0.0627. The Morgan fingerprint density at radius 1 is 1.45 bits per heavy atom. The van der Waals surface area contributed by atoms with Gasteiger partial charge in [0, 0.05) is 0 Å². The second kappa shape index (κ2) is 4.26. The van der Waals surface area contributed by atoms with E-state index in [1.54, 1.807) is 0 Å². The fourth-order valence-electron chi connectivity index (χ4n) is 0.854. The van der Waals surface area contributed by atoms with Gasteiger partial charge in [0.15, 0.2) is 0 Å². The molecule has 0 amide bonds. The monoisotopic (exact) mass is 192 g/mol. The summed E-state index contributed by atoms with van der Waals surface area (Å²) >= 11 is 5.90. The van der Waals surface area contributed by atoms with Gasteiger partial charge in [-0.15, -0.1) is 11.6 Å². The van der Waals surface area contributed by atoms with Crippen LogP contribution in [0, 0.1) is 0 Å². The molecule has 0 saturated carbocycles. The van der Waals surface area contributed by atoms with Crippen molar-refractivity contribution >= 4 is 25.1 Å². The zero-order chi connectivity index (χ0) is 9.07. The smallest absolute Gasteiger partial charge is 0.128 e. The van der Waals surface area contributed by atoms with Crippen molar-refractivity contribution < 1.29 is 4.79 Å². The van der Waals surface area contributed by atoms with E-state index in [-0.39, 0.29) is 5.38 Å². The van der Waals surface area contributed by atoms with Crippen LogP contribution in [0.3, 0.4) is 0 Å². The maximum Gasteiger partial charge on any atom is 0.128 e. The molecule has 0 aromatic rings. The minimum atomic E-state index is -1.63. The zero-order valence-electron chi connectivity index (χ0n) is 7.78. The third-order valence-corrected chi connectivity index (χ3v) is 3.99. The lowest BCUT2D eigenvalue weighted by atomic mass is 10.3. The first-order valence-corrected chi connectivity index (χ1v) is 8.01. The van der Waals surface area contributed by atoms with Gasteiger partial charge in [-0.05, 0) is 6.42 Å². The Balaban J connectivity index is 4.03. The second-order valence-electron chi connectivity index (χ2n) is 3.87. The molecule has 66 valence electrons. The van der Waals surface area contributed by atoms with Crippen LogP contribution < -0.4 is 0 Å². The maximum absolute atomic E-state index is 11.5. The van der Waals surface area contributed by atoms with Crippen LogP contribution in [0.5, 0.6) is 0 Å². The SMILES string of the molecule is CCCC(Cl)C(=O)[Si](C)(C)C. The third kappa shape index (κ3) is 3.92. The molecule has 0 aliphatic heterocycles. The second-order valence-corrected chi connectivity index (χ2v) is 9.39. The summed E-state index contributed by atoms with van der Waals surface area (Å²) in [4.78, 5) is 11.5. The van der Waals surface area contributed by atoms with Gasteiger partial charge in [-0.1, -0.05) is 33.0 Å². The molecule has 0 aromatic heterocycles. The van der Waals surface area contributed by atoms with Gasteiger partial charge in [0.25, 0.3) is 0 Å². The lowest BCUT2D eigenvalue weighted by molar-refractivity contribution is -0.112. The summed E-state index contributed by atoms with van der Waals surface area (Å²) in [5.41, 5.74) is 0. The van der Waals surface area contributed by atoms with E-state index in [2.05, 4.69) is 0 Å². The molecule has 3 heteroatoms. The standard InChI is InChI=1S/C8H17ClOSi/c1-5-6-7(9)8(10)11(2,3)4/h7H,5-6H2,1-4H3. The predicted molar refractivity (Wildman–Crippen MR) is 52.9 cm³/mol. The van der Waals surface area contributed by atoms with Gasteiger partial charge >= 0.3 is 0 Å². The Hall–Kier alpha value is 0.177. The van der Waals surface area contributed by atoms with Crippen molar-refractivity contribution in [3.05, 3.63) is 0 Å². The van der Waals surface area contributed by atoms with Gasteiger partial charge in [0.2, 0.25) is 0 Å². The Kier molecular flexibility index (Phi) is 4.33. The number of carbonyl (C=O) groups is 1. The largest absolute Gasteiger partial charge is 0.304 e. The lowest BCUT2D eigenvalue weighted by Gasteiger charge is -2.17. The van der Waals surface area contributed by atoms with Crippen molar-refractivity contribution in [3.8, 4) is 0 Å². The van der Waals surface area contributed by atoms with Crippen molar-refractivity contribution in [2.24, 2.45) is 0 Å². The van der Waals surface area contributed by atoms with E-state index in [1.165, 1.54) is 0 Å². The van der Waals surface area contributed by atoms with E-state index >= 15 is 0 Å². The van der Waals surface area contributed by atoms with Crippen molar-refractivity contribution in [1.82, 2.24) is 0 Å². The van der Waals surface area contributed by atoms with Crippen LogP contribution in [-0.2, 0) is 4.79 Å². The molecule has 0 rings (SSSR count). The van der Waals surface area contributed by atoms with Crippen molar-refractivity contribution in [2.45, 2.75) is 44.8 Å². The molecule has 0 aliphatic carbocycles. The van der Waals surface area contributed by atoms with Crippen molar-refractivity contribution in [2.75, 3.05) is 0 Å². The number of rotatable bonds is 4. The topological polar surface area (TPSA) is 17.1 Å². The number of hydrogen-bond acceptors (Lipinski definition) is 1. The predicted octanol–water partition coefficient (Wildman–Crippen LogP) is 2.84. The Morgan fingerprint density at radius 3 is 2.18 bits per heavy atom. The minimum absolute atomic E-state index is 0.230. The number of alkyl halides is 1. The average Bonchev–Trinajstić information content (AvgIpc) is 1.85. The summed E-state index contributed by atoms with van der Waals surface area (Å²) in [6, 6.07) is 0. The fourth-order valence-corrected chi connectivity index (χ4v) is 3.14. The number of halogens is 1. The fraction of sp³-hybridized carbons (Fsp3) is 0.875. The summed E-state index contributed by atoms with van der Waals surface area (Å²) in [7, 11) is -1.63. The zero-order valence-corrected chi connectivity index (χ0v) is 9.53. The van der Waals surface area contributed by atoms with Gasteiger partial charge in [-0.25, -0.2) is 0 Å². The Morgan fingerprint density at radius 2 is 1.91 bits per heavy atom. The van der Waals surface area contributed by atoms with Crippen LogP contribution >= 0.6 is 11.6 Å². The molecule has 0 N–H and O–H groups in total. The molecular formula is C8H17ClOSi. The third-order valence-electron chi connectivity index (χ3n) is 1.57. The highest BCUT2D eigenvalue weighted by Crippen LogP contribution is 2.14. The normalized spacial score (nSPS) is 14.6. The highest BCUT2D eigenvalue weighted by atomic mass is 35.5. The molecule has 1 unspecified atom stereocenters. The van der Waals surface area contributed by atoms with Crippen LogP contribution in [0.4, 0.5) is 0 Å². The molecule has 0 aromatic carbocycles. The highest BCUT2D eigenvalue weighted by molar-refractivity contribution is 7.05. The van der Waals surface area contributed by atoms with E-state index in [1.807, 2.05) is 26.6 Å². The summed E-state index contributed by atoms with van der Waals surface area (Å²) < 4.78 is 0. The Bertz CT molecular complexity index is 140. The molecule has 1 atom stereocenters. The summed E-state index contributed by atoms with van der Waals surface area (Å²) in [6.45, 7) is 8.17. The van der Waals surface area contributed by atoms with Crippen LogP contribution in [0.15, 0.2) is 0 Å². The Labute approximate surface area is 75.1 Å². The lowest BCUT2D eigenvalue weighted by Crippen LogP contribution is -2.39. The van der Waals surface area contributed by atoms with E-state index in [0.29, 0.717) is 5.41 Å². The first kappa shape index (κ1) is 11.2. The molecule has 1 nitrogen and oxygen atoms in total. The molecule has 0 aliphatic rings. The van der Waals surface area contributed by atoms with Gasteiger partial charge in [0.1, 0.15) is 13.5 Å². The van der Waals surface area contributed by atoms with Gasteiger partial charge in [0.05, 0.1) is 5.38 Å². The highest BCUT2D eigenvalue weighted by Gasteiger charge is 2.29. The molecule has 0 saturated heterocycles. The number of hydrogen-bond donors (Lipinski definition) is 0. The number of carbonyl (C=O) groups excluding carboxylic acids is 1. The van der Waals surface area contributed by atoms with E-state index < -0.39 is 8.07 Å². The van der Waals surface area contributed by atoms with Crippen LogP contribution in [0.25, 0.3) is 0 Å². The van der Waals surface area contributed by atoms with Crippen molar-refractivity contribution in [1.29, 1.82) is 0 Å². The molecule has 0 fully saturated rings. The molecule has 0 radical (unpaired) electrons. The van der Waals surface area contributed by atoms with Gasteiger partial charge in [-0.3, -0.25) is 0 Å². The summed E-state index contributed by atoms with van der Waals surface area (Å²) in [5.74, 6) is 0. The van der Waals surface area contributed by atoms with Gasteiger partial charge in [-0.2, -0.15) is 0 Å². The van der Waals surface area contributed by atoms with E-state index in [0.717, 1.165) is 12.8 Å². The van der Waals surface area contributed by atoms with Crippen molar-refractivity contribution in [3.63, 3.8) is 0 Å².